The minimum absolute atomic E-state index is 0.128. The average molecular weight is 499 g/mol. The molecule has 2 aromatic carbocycles. The Bertz CT molecular complexity index is 1190. The Labute approximate surface area is 207 Å². The number of carbonyl (C=O) groups is 1. The molecule has 0 spiro atoms. The van der Waals surface area contributed by atoms with Crippen LogP contribution in [0, 0.1) is 15.9 Å². The molecule has 1 aromatic heterocycles. The molecule has 190 valence electrons. The van der Waals surface area contributed by atoms with Crippen LogP contribution in [0.5, 0.6) is 11.5 Å². The van der Waals surface area contributed by atoms with Crippen molar-refractivity contribution in [3.05, 3.63) is 82.0 Å². The lowest BCUT2D eigenvalue weighted by Gasteiger charge is -2.39. The van der Waals surface area contributed by atoms with Crippen molar-refractivity contribution in [2.45, 2.75) is 6.04 Å². The van der Waals surface area contributed by atoms with Crippen molar-refractivity contribution in [3.8, 4) is 11.5 Å². The highest BCUT2D eigenvalue weighted by molar-refractivity contribution is 5.99. The van der Waals surface area contributed by atoms with Gasteiger partial charge in [-0.15, -0.1) is 0 Å². The SMILES string of the molecule is COc1cc(C(=O)NCC(c2ccco2)N2CCN(c3ccc(F)cc3)CC2)c([N+](=O)[O-])cc1OC. The van der Waals surface area contributed by atoms with Crippen LogP contribution in [0.3, 0.4) is 0 Å². The molecule has 1 aliphatic heterocycles. The van der Waals surface area contributed by atoms with Crippen molar-refractivity contribution in [1.82, 2.24) is 10.2 Å². The molecule has 1 unspecified atom stereocenters. The van der Waals surface area contributed by atoms with Gasteiger partial charge in [-0.2, -0.15) is 0 Å². The van der Waals surface area contributed by atoms with Crippen LogP contribution in [0.15, 0.2) is 59.2 Å². The van der Waals surface area contributed by atoms with E-state index in [1.807, 2.05) is 6.07 Å². The molecular formula is C25H27FN4O6. The molecule has 4 rings (SSSR count). The number of rotatable bonds is 9. The Hall–Kier alpha value is -4.12. The van der Waals surface area contributed by atoms with Gasteiger partial charge in [0, 0.05) is 44.5 Å². The summed E-state index contributed by atoms with van der Waals surface area (Å²) in [6.45, 7) is 2.94. The summed E-state index contributed by atoms with van der Waals surface area (Å²) in [5, 5.41) is 14.4. The van der Waals surface area contributed by atoms with Gasteiger partial charge in [-0.05, 0) is 36.4 Å². The first kappa shape index (κ1) is 25.0. The maximum Gasteiger partial charge on any atom is 0.286 e. The first-order valence-corrected chi connectivity index (χ1v) is 11.4. The Balaban J connectivity index is 1.48. The molecule has 2 heterocycles. The summed E-state index contributed by atoms with van der Waals surface area (Å²) in [5.74, 6) is 0.165. The molecule has 0 bridgehead atoms. The average Bonchev–Trinajstić information content (AvgIpc) is 3.43. The fraction of sp³-hybridized carbons (Fsp3) is 0.320. The third-order valence-corrected chi connectivity index (χ3v) is 6.22. The molecule has 0 radical (unpaired) electrons. The molecule has 0 aliphatic carbocycles. The van der Waals surface area contributed by atoms with E-state index in [1.54, 1.807) is 24.5 Å². The second kappa shape index (κ2) is 11.1. The number of amides is 1. The predicted octanol–water partition coefficient (Wildman–Crippen LogP) is 3.64. The normalized spacial score (nSPS) is 14.8. The number of piperazine rings is 1. The van der Waals surface area contributed by atoms with Crippen LogP contribution in [0.1, 0.15) is 22.2 Å². The molecular weight excluding hydrogens is 471 g/mol. The van der Waals surface area contributed by atoms with Gasteiger partial charge in [-0.1, -0.05) is 0 Å². The molecule has 0 saturated carbocycles. The van der Waals surface area contributed by atoms with Gasteiger partial charge in [0.2, 0.25) is 0 Å². The number of nitro groups is 1. The van der Waals surface area contributed by atoms with Crippen LogP contribution in [-0.2, 0) is 0 Å². The van der Waals surface area contributed by atoms with E-state index >= 15 is 0 Å². The lowest BCUT2D eigenvalue weighted by Crippen LogP contribution is -2.49. The number of methoxy groups -OCH3 is 2. The van der Waals surface area contributed by atoms with E-state index in [0.717, 1.165) is 5.69 Å². The minimum Gasteiger partial charge on any atom is -0.493 e. The van der Waals surface area contributed by atoms with Gasteiger partial charge in [-0.25, -0.2) is 4.39 Å². The summed E-state index contributed by atoms with van der Waals surface area (Å²) >= 11 is 0. The summed E-state index contributed by atoms with van der Waals surface area (Å²) in [6, 6.07) is 12.2. The molecule has 11 heteroatoms. The number of hydrogen-bond acceptors (Lipinski definition) is 8. The minimum atomic E-state index is -0.629. The zero-order valence-corrected chi connectivity index (χ0v) is 20.0. The smallest absolute Gasteiger partial charge is 0.286 e. The van der Waals surface area contributed by atoms with Crippen LogP contribution >= 0.6 is 0 Å². The number of nitro benzene ring substituents is 1. The third kappa shape index (κ3) is 5.41. The Morgan fingerprint density at radius 3 is 2.36 bits per heavy atom. The summed E-state index contributed by atoms with van der Waals surface area (Å²) in [4.78, 5) is 28.4. The first-order chi connectivity index (χ1) is 17.4. The summed E-state index contributed by atoms with van der Waals surface area (Å²) in [7, 11) is 2.76. The lowest BCUT2D eigenvalue weighted by atomic mass is 10.1. The number of nitrogens with zero attached hydrogens (tertiary/aromatic N) is 3. The molecule has 1 N–H and O–H groups in total. The van der Waals surface area contributed by atoms with Crippen molar-refractivity contribution in [2.24, 2.45) is 0 Å². The molecule has 1 aliphatic rings. The van der Waals surface area contributed by atoms with Gasteiger partial charge in [0.25, 0.3) is 11.6 Å². The van der Waals surface area contributed by atoms with Crippen LogP contribution in [0.25, 0.3) is 0 Å². The lowest BCUT2D eigenvalue weighted by molar-refractivity contribution is -0.385. The number of halogens is 1. The Morgan fingerprint density at radius 1 is 1.11 bits per heavy atom. The van der Waals surface area contributed by atoms with E-state index in [1.165, 1.54) is 38.5 Å². The molecule has 1 amide bonds. The van der Waals surface area contributed by atoms with E-state index in [9.17, 15) is 19.3 Å². The van der Waals surface area contributed by atoms with E-state index in [4.69, 9.17) is 13.9 Å². The standard InChI is InChI=1S/C25H27FN4O6/c1-34-23-14-19(20(30(32)33)15-24(23)35-2)25(31)27-16-21(22-4-3-13-36-22)29-11-9-28(10-12-29)18-7-5-17(26)6-8-18/h3-8,13-15,21H,9-12,16H2,1-2H3,(H,27,31). The van der Waals surface area contributed by atoms with Crippen LogP contribution < -0.4 is 19.7 Å². The van der Waals surface area contributed by atoms with Crippen LogP contribution in [0.2, 0.25) is 0 Å². The molecule has 10 nitrogen and oxygen atoms in total. The van der Waals surface area contributed by atoms with Crippen LogP contribution in [-0.4, -0.2) is 62.7 Å². The number of nitrogens with one attached hydrogen (secondary N) is 1. The fourth-order valence-corrected chi connectivity index (χ4v) is 4.32. The van der Waals surface area contributed by atoms with E-state index in [2.05, 4.69) is 15.1 Å². The quantitative estimate of drug-likeness (QED) is 0.352. The monoisotopic (exact) mass is 498 g/mol. The second-order valence-corrected chi connectivity index (χ2v) is 8.22. The predicted molar refractivity (Wildman–Crippen MR) is 130 cm³/mol. The van der Waals surface area contributed by atoms with E-state index in [-0.39, 0.29) is 41.2 Å². The Kier molecular flexibility index (Phi) is 7.69. The first-order valence-electron chi connectivity index (χ1n) is 11.4. The molecule has 36 heavy (non-hydrogen) atoms. The third-order valence-electron chi connectivity index (χ3n) is 6.22. The van der Waals surface area contributed by atoms with Gasteiger partial charge >= 0.3 is 0 Å². The molecule has 1 saturated heterocycles. The van der Waals surface area contributed by atoms with Crippen molar-refractivity contribution < 1.29 is 28.0 Å². The van der Waals surface area contributed by atoms with Crippen molar-refractivity contribution in [3.63, 3.8) is 0 Å². The number of carbonyl (C=O) groups excluding carboxylic acids is 1. The Morgan fingerprint density at radius 2 is 1.78 bits per heavy atom. The van der Waals surface area contributed by atoms with Gasteiger partial charge in [0.05, 0.1) is 37.5 Å². The number of hydrogen-bond donors (Lipinski definition) is 1. The second-order valence-electron chi connectivity index (χ2n) is 8.22. The topological polar surface area (TPSA) is 110 Å². The number of anilines is 1. The van der Waals surface area contributed by atoms with Gasteiger partial charge in [-0.3, -0.25) is 19.8 Å². The van der Waals surface area contributed by atoms with Crippen molar-refractivity contribution >= 4 is 17.3 Å². The van der Waals surface area contributed by atoms with Gasteiger partial charge < -0.3 is 24.1 Å². The van der Waals surface area contributed by atoms with Crippen molar-refractivity contribution in [1.29, 1.82) is 0 Å². The highest BCUT2D eigenvalue weighted by atomic mass is 19.1. The number of ether oxygens (including phenoxy) is 2. The maximum atomic E-state index is 13.3. The van der Waals surface area contributed by atoms with Crippen LogP contribution in [0.4, 0.5) is 15.8 Å². The highest BCUT2D eigenvalue weighted by Crippen LogP contribution is 2.34. The summed E-state index contributed by atoms with van der Waals surface area (Å²) in [5.41, 5.74) is 0.434. The fourth-order valence-electron chi connectivity index (χ4n) is 4.32. The number of furan rings is 1. The van der Waals surface area contributed by atoms with E-state index in [0.29, 0.717) is 31.9 Å². The van der Waals surface area contributed by atoms with Gasteiger partial charge in [0.15, 0.2) is 11.5 Å². The zero-order valence-electron chi connectivity index (χ0n) is 20.0. The molecule has 1 fully saturated rings. The summed E-state index contributed by atoms with van der Waals surface area (Å²) in [6.07, 6.45) is 1.57. The number of benzene rings is 2. The molecule has 1 atom stereocenters. The van der Waals surface area contributed by atoms with Gasteiger partial charge in [0.1, 0.15) is 17.1 Å². The highest BCUT2D eigenvalue weighted by Gasteiger charge is 2.29. The maximum absolute atomic E-state index is 13.3. The largest absolute Gasteiger partial charge is 0.493 e. The molecule has 3 aromatic rings. The van der Waals surface area contributed by atoms with E-state index < -0.39 is 10.8 Å². The van der Waals surface area contributed by atoms with Crippen molar-refractivity contribution in [2.75, 3.05) is 51.8 Å². The summed E-state index contributed by atoms with van der Waals surface area (Å²) < 4.78 is 29.3. The zero-order chi connectivity index (χ0) is 25.7.